The predicted molar refractivity (Wildman–Crippen MR) is 81.4 cm³/mol. The van der Waals surface area contributed by atoms with E-state index in [-0.39, 0.29) is 11.8 Å². The highest BCUT2D eigenvalue weighted by Gasteiger charge is 2.03. The molecule has 4 heteroatoms. The Kier molecular flexibility index (Phi) is 6.82. The highest BCUT2D eigenvalue weighted by Crippen LogP contribution is 2.10. The van der Waals surface area contributed by atoms with Crippen molar-refractivity contribution in [2.45, 2.75) is 19.3 Å². The zero-order chi connectivity index (χ0) is 14.8. The average molecular weight is 272 g/mol. The number of allylic oxidation sites excluding steroid dienone is 1. The maximum atomic E-state index is 11.7. The molecule has 0 heterocycles. The molecule has 0 radical (unpaired) electrons. The topological polar surface area (TPSA) is 58.2 Å². The summed E-state index contributed by atoms with van der Waals surface area (Å²) in [5.41, 5.74) is 1.59. The van der Waals surface area contributed by atoms with Crippen molar-refractivity contribution >= 4 is 17.5 Å². The summed E-state index contributed by atoms with van der Waals surface area (Å²) in [6.45, 7) is 7.68. The molecule has 1 aromatic rings. The summed E-state index contributed by atoms with van der Waals surface area (Å²) in [6, 6.07) is 7.17. The lowest BCUT2D eigenvalue weighted by Crippen LogP contribution is -2.25. The molecular formula is C16H20N2O2. The van der Waals surface area contributed by atoms with Crippen molar-refractivity contribution in [2.75, 3.05) is 11.9 Å². The minimum atomic E-state index is -0.252. The molecule has 0 unspecified atom stereocenters. The van der Waals surface area contributed by atoms with Crippen molar-refractivity contribution in [3.8, 4) is 0 Å². The normalized spacial score (nSPS) is 9.60. The lowest BCUT2D eigenvalue weighted by atomic mass is 10.1. The number of rotatable bonds is 8. The van der Waals surface area contributed by atoms with E-state index in [4.69, 9.17) is 0 Å². The first-order chi connectivity index (χ1) is 9.65. The predicted octanol–water partition coefficient (Wildman–Crippen LogP) is 2.44. The van der Waals surface area contributed by atoms with E-state index >= 15 is 0 Å². The van der Waals surface area contributed by atoms with Gasteiger partial charge in [-0.3, -0.25) is 9.59 Å². The molecule has 106 valence electrons. The molecule has 1 rings (SSSR count). The molecule has 0 atom stereocenters. The summed E-state index contributed by atoms with van der Waals surface area (Å²) in [7, 11) is 0. The Morgan fingerprint density at radius 3 is 2.45 bits per heavy atom. The molecule has 20 heavy (non-hydrogen) atoms. The van der Waals surface area contributed by atoms with Gasteiger partial charge in [-0.05, 0) is 36.6 Å². The fourth-order valence-electron chi connectivity index (χ4n) is 1.62. The molecule has 0 saturated carbocycles. The molecule has 0 fully saturated rings. The quantitative estimate of drug-likeness (QED) is 0.434. The van der Waals surface area contributed by atoms with Crippen LogP contribution in [0.5, 0.6) is 0 Å². The van der Waals surface area contributed by atoms with E-state index < -0.39 is 0 Å². The van der Waals surface area contributed by atoms with E-state index in [0.717, 1.165) is 18.4 Å². The van der Waals surface area contributed by atoms with Crippen molar-refractivity contribution in [3.05, 3.63) is 55.1 Å². The molecule has 0 aliphatic carbocycles. The molecule has 0 saturated heterocycles. The molecule has 0 aromatic heterocycles. The Bertz CT molecular complexity index is 478. The summed E-state index contributed by atoms with van der Waals surface area (Å²) in [5, 5.41) is 5.51. The molecule has 0 spiro atoms. The third-order valence-corrected chi connectivity index (χ3v) is 2.68. The zero-order valence-electron chi connectivity index (χ0n) is 11.5. The third kappa shape index (κ3) is 6.00. The fraction of sp³-hybridized carbons (Fsp3) is 0.250. The number of anilines is 1. The minimum Gasteiger partial charge on any atom is -0.356 e. The van der Waals surface area contributed by atoms with Crippen molar-refractivity contribution in [1.82, 2.24) is 5.32 Å². The number of hydrogen-bond acceptors (Lipinski definition) is 2. The lowest BCUT2D eigenvalue weighted by molar-refractivity contribution is -0.120. The maximum Gasteiger partial charge on any atom is 0.247 e. The van der Waals surface area contributed by atoms with E-state index in [1.165, 1.54) is 6.08 Å². The molecule has 0 aliphatic heterocycles. The monoisotopic (exact) mass is 272 g/mol. The third-order valence-electron chi connectivity index (χ3n) is 2.68. The van der Waals surface area contributed by atoms with Gasteiger partial charge in [0.2, 0.25) is 11.8 Å². The van der Waals surface area contributed by atoms with Crippen LogP contribution in [0, 0.1) is 0 Å². The van der Waals surface area contributed by atoms with Crippen LogP contribution < -0.4 is 10.6 Å². The van der Waals surface area contributed by atoms with Crippen LogP contribution in [-0.2, 0) is 16.0 Å². The number of hydrogen-bond donors (Lipinski definition) is 2. The minimum absolute atomic E-state index is 0.00283. The highest BCUT2D eigenvalue weighted by atomic mass is 16.2. The highest BCUT2D eigenvalue weighted by molar-refractivity contribution is 5.98. The van der Waals surface area contributed by atoms with Crippen molar-refractivity contribution < 1.29 is 9.59 Å². The Labute approximate surface area is 119 Å². The van der Waals surface area contributed by atoms with Gasteiger partial charge in [-0.25, -0.2) is 0 Å². The van der Waals surface area contributed by atoms with Crippen LogP contribution in [0.4, 0.5) is 5.69 Å². The van der Waals surface area contributed by atoms with Gasteiger partial charge in [0, 0.05) is 12.2 Å². The molecule has 1 aromatic carbocycles. The second-order valence-electron chi connectivity index (χ2n) is 4.35. The molecule has 2 amide bonds. The van der Waals surface area contributed by atoms with Gasteiger partial charge in [0.05, 0.1) is 6.42 Å². The number of benzene rings is 1. The zero-order valence-corrected chi connectivity index (χ0v) is 11.5. The van der Waals surface area contributed by atoms with E-state index in [1.807, 2.05) is 18.2 Å². The maximum absolute atomic E-state index is 11.7. The van der Waals surface area contributed by atoms with E-state index in [9.17, 15) is 9.59 Å². The van der Waals surface area contributed by atoms with Crippen LogP contribution in [0.25, 0.3) is 0 Å². The Hall–Kier alpha value is -2.36. The number of nitrogens with one attached hydrogen (secondary N) is 2. The van der Waals surface area contributed by atoms with Crippen LogP contribution in [0.15, 0.2) is 49.6 Å². The standard InChI is InChI=1S/C16H20N2O2/c1-3-5-6-11-17-16(20)12-13-7-9-14(10-8-13)18-15(19)4-2/h3-4,7-10H,1-2,5-6,11-12H2,(H,17,20)(H,18,19). The number of unbranched alkanes of at least 4 members (excludes halogenated alkanes) is 1. The first-order valence-electron chi connectivity index (χ1n) is 6.55. The van der Waals surface area contributed by atoms with Gasteiger partial charge in [-0.15, -0.1) is 6.58 Å². The van der Waals surface area contributed by atoms with Gasteiger partial charge in [-0.1, -0.05) is 24.8 Å². The number of carbonyl (C=O) groups excluding carboxylic acids is 2. The van der Waals surface area contributed by atoms with Gasteiger partial charge in [0.1, 0.15) is 0 Å². The summed E-state index contributed by atoms with van der Waals surface area (Å²) in [5.74, 6) is -0.255. The molecular weight excluding hydrogens is 252 g/mol. The fourth-order valence-corrected chi connectivity index (χ4v) is 1.62. The molecule has 0 aliphatic rings. The Morgan fingerprint density at radius 2 is 1.85 bits per heavy atom. The van der Waals surface area contributed by atoms with E-state index in [1.54, 1.807) is 12.1 Å². The van der Waals surface area contributed by atoms with Crippen LogP contribution in [0.3, 0.4) is 0 Å². The second kappa shape index (κ2) is 8.69. The second-order valence-corrected chi connectivity index (χ2v) is 4.35. The van der Waals surface area contributed by atoms with Gasteiger partial charge in [-0.2, -0.15) is 0 Å². The summed E-state index contributed by atoms with van der Waals surface area (Å²) < 4.78 is 0. The first kappa shape index (κ1) is 15.7. The summed E-state index contributed by atoms with van der Waals surface area (Å²) in [4.78, 5) is 22.8. The molecule has 2 N–H and O–H groups in total. The largest absolute Gasteiger partial charge is 0.356 e. The number of amides is 2. The van der Waals surface area contributed by atoms with Crippen molar-refractivity contribution in [1.29, 1.82) is 0 Å². The van der Waals surface area contributed by atoms with Gasteiger partial charge >= 0.3 is 0 Å². The SMILES string of the molecule is C=CCCCNC(=O)Cc1ccc(NC(=O)C=C)cc1. The lowest BCUT2D eigenvalue weighted by Gasteiger charge is -2.06. The summed E-state index contributed by atoms with van der Waals surface area (Å²) in [6.07, 6.45) is 5.19. The van der Waals surface area contributed by atoms with Gasteiger partial charge in [0.15, 0.2) is 0 Å². The first-order valence-corrected chi connectivity index (χ1v) is 6.55. The molecule has 4 nitrogen and oxygen atoms in total. The van der Waals surface area contributed by atoms with E-state index in [2.05, 4.69) is 23.8 Å². The smallest absolute Gasteiger partial charge is 0.247 e. The van der Waals surface area contributed by atoms with Gasteiger partial charge < -0.3 is 10.6 Å². The van der Waals surface area contributed by atoms with Crippen LogP contribution >= 0.6 is 0 Å². The van der Waals surface area contributed by atoms with Crippen LogP contribution in [0.1, 0.15) is 18.4 Å². The van der Waals surface area contributed by atoms with Crippen molar-refractivity contribution in [3.63, 3.8) is 0 Å². The van der Waals surface area contributed by atoms with Crippen molar-refractivity contribution in [2.24, 2.45) is 0 Å². The number of carbonyl (C=O) groups is 2. The van der Waals surface area contributed by atoms with Gasteiger partial charge in [0.25, 0.3) is 0 Å². The van der Waals surface area contributed by atoms with Crippen LogP contribution in [-0.4, -0.2) is 18.4 Å². The summed E-state index contributed by atoms with van der Waals surface area (Å²) >= 11 is 0. The van der Waals surface area contributed by atoms with Crippen LogP contribution in [0.2, 0.25) is 0 Å². The van der Waals surface area contributed by atoms with E-state index in [0.29, 0.717) is 18.7 Å². The molecule has 0 bridgehead atoms. The average Bonchev–Trinajstić information content (AvgIpc) is 2.45. The Morgan fingerprint density at radius 1 is 1.15 bits per heavy atom. The Balaban J connectivity index is 2.40.